The summed E-state index contributed by atoms with van der Waals surface area (Å²) >= 11 is 0. The van der Waals surface area contributed by atoms with Crippen molar-refractivity contribution in [3.05, 3.63) is 54.1 Å². The Morgan fingerprint density at radius 1 is 0.939 bits per heavy atom. The Bertz CT molecular complexity index is 964. The van der Waals surface area contributed by atoms with Crippen LogP contribution in [0.25, 0.3) is 0 Å². The van der Waals surface area contributed by atoms with Gasteiger partial charge in [0.15, 0.2) is 0 Å². The number of benzene rings is 2. The molecule has 0 aromatic heterocycles. The topological polar surface area (TPSA) is 66.4 Å². The number of ether oxygens (including phenoxy) is 2. The number of carbonyl (C=O) groups is 1. The number of aliphatic imine (C=N–C) groups is 1. The average Bonchev–Trinajstić information content (AvgIpc) is 2.89. The molecule has 0 spiro atoms. The molecule has 0 unspecified atom stereocenters. The molecule has 1 aliphatic heterocycles. The van der Waals surface area contributed by atoms with Gasteiger partial charge in [0.1, 0.15) is 17.2 Å². The lowest BCUT2D eigenvalue weighted by molar-refractivity contribution is 0.0943. The standard InChI is InChI=1S/C26H34N4O3/c1-32-22-12-8-9-20(19-22)25(31)28-26(27-23-13-6-7-14-24(23)33-2)30-17-15-29(16-18-30)21-10-4-3-5-11-21/h6-9,12-14,19,21H,3-5,10-11,15-18H2,1-2H3,(H,27,28,31). The van der Waals surface area contributed by atoms with Crippen molar-refractivity contribution in [1.82, 2.24) is 15.1 Å². The fraction of sp³-hybridized carbons (Fsp3) is 0.462. The zero-order valence-electron chi connectivity index (χ0n) is 19.6. The molecule has 1 saturated carbocycles. The lowest BCUT2D eigenvalue weighted by Crippen LogP contribution is -2.55. The van der Waals surface area contributed by atoms with Gasteiger partial charge in [-0.05, 0) is 43.2 Å². The summed E-state index contributed by atoms with van der Waals surface area (Å²) in [5.74, 6) is 1.66. The fourth-order valence-electron chi connectivity index (χ4n) is 4.70. The van der Waals surface area contributed by atoms with E-state index < -0.39 is 0 Å². The number of guanidine groups is 1. The number of nitrogens with zero attached hydrogens (tertiary/aromatic N) is 3. The molecule has 33 heavy (non-hydrogen) atoms. The molecule has 1 aliphatic carbocycles. The zero-order chi connectivity index (χ0) is 23.0. The summed E-state index contributed by atoms with van der Waals surface area (Å²) in [5.41, 5.74) is 1.22. The summed E-state index contributed by atoms with van der Waals surface area (Å²) < 4.78 is 10.8. The molecular weight excluding hydrogens is 416 g/mol. The van der Waals surface area contributed by atoms with Crippen LogP contribution in [0.4, 0.5) is 5.69 Å². The maximum absolute atomic E-state index is 13.1. The third kappa shape index (κ3) is 5.85. The second kappa shape index (κ2) is 11.2. The fourth-order valence-corrected chi connectivity index (χ4v) is 4.70. The second-order valence-electron chi connectivity index (χ2n) is 8.61. The van der Waals surface area contributed by atoms with Crippen molar-refractivity contribution in [2.75, 3.05) is 40.4 Å². The largest absolute Gasteiger partial charge is 0.497 e. The Hall–Kier alpha value is -3.06. The first-order chi connectivity index (χ1) is 16.2. The third-order valence-electron chi connectivity index (χ3n) is 6.57. The number of hydrogen-bond acceptors (Lipinski definition) is 5. The van der Waals surface area contributed by atoms with E-state index >= 15 is 0 Å². The molecule has 0 bridgehead atoms. The van der Waals surface area contributed by atoms with Gasteiger partial charge in [0, 0.05) is 37.8 Å². The molecule has 1 amide bonds. The van der Waals surface area contributed by atoms with E-state index in [9.17, 15) is 4.79 Å². The molecule has 7 heteroatoms. The predicted molar refractivity (Wildman–Crippen MR) is 131 cm³/mol. The normalized spacial score (nSPS) is 18.1. The molecule has 2 aliphatic rings. The van der Waals surface area contributed by atoms with Gasteiger partial charge in [0.05, 0.1) is 14.2 Å². The van der Waals surface area contributed by atoms with Crippen molar-refractivity contribution in [1.29, 1.82) is 0 Å². The number of piperazine rings is 1. The van der Waals surface area contributed by atoms with E-state index in [1.165, 1.54) is 32.1 Å². The molecule has 1 N–H and O–H groups in total. The zero-order valence-corrected chi connectivity index (χ0v) is 19.6. The maximum atomic E-state index is 13.1. The van der Waals surface area contributed by atoms with Crippen LogP contribution in [0.2, 0.25) is 0 Å². The molecule has 0 atom stereocenters. The molecule has 2 fully saturated rings. The summed E-state index contributed by atoms with van der Waals surface area (Å²) in [6, 6.07) is 15.5. The summed E-state index contributed by atoms with van der Waals surface area (Å²) in [7, 11) is 3.23. The minimum absolute atomic E-state index is 0.211. The van der Waals surface area contributed by atoms with E-state index in [-0.39, 0.29) is 5.91 Å². The highest BCUT2D eigenvalue weighted by Gasteiger charge is 2.27. The van der Waals surface area contributed by atoms with Crippen molar-refractivity contribution >= 4 is 17.6 Å². The number of amides is 1. The van der Waals surface area contributed by atoms with Gasteiger partial charge in [0.25, 0.3) is 5.91 Å². The van der Waals surface area contributed by atoms with Crippen LogP contribution in [0.15, 0.2) is 53.5 Å². The lowest BCUT2D eigenvalue weighted by atomic mass is 9.94. The first kappa shape index (κ1) is 23.1. The van der Waals surface area contributed by atoms with Gasteiger partial charge in [0.2, 0.25) is 5.96 Å². The summed E-state index contributed by atoms with van der Waals surface area (Å²) in [5, 5.41) is 3.06. The minimum Gasteiger partial charge on any atom is -0.497 e. The van der Waals surface area contributed by atoms with Crippen molar-refractivity contribution in [2.45, 2.75) is 38.1 Å². The average molecular weight is 451 g/mol. The van der Waals surface area contributed by atoms with Crippen LogP contribution < -0.4 is 14.8 Å². The molecule has 4 rings (SSSR count). The number of rotatable bonds is 5. The van der Waals surface area contributed by atoms with E-state index in [4.69, 9.17) is 14.5 Å². The molecule has 2 aromatic carbocycles. The van der Waals surface area contributed by atoms with Crippen LogP contribution in [0.1, 0.15) is 42.5 Å². The van der Waals surface area contributed by atoms with Crippen LogP contribution >= 0.6 is 0 Å². The van der Waals surface area contributed by atoms with Gasteiger partial charge in [-0.25, -0.2) is 4.99 Å². The summed E-state index contributed by atoms with van der Waals surface area (Å²) in [4.78, 5) is 22.7. The van der Waals surface area contributed by atoms with E-state index in [0.29, 0.717) is 34.8 Å². The van der Waals surface area contributed by atoms with Gasteiger partial charge < -0.3 is 14.4 Å². The Balaban J connectivity index is 1.54. The molecule has 1 saturated heterocycles. The quantitative estimate of drug-likeness (QED) is 0.549. The Morgan fingerprint density at radius 2 is 1.70 bits per heavy atom. The summed E-state index contributed by atoms with van der Waals surface area (Å²) in [6.45, 7) is 3.60. The van der Waals surface area contributed by atoms with Gasteiger partial charge in [-0.3, -0.25) is 15.0 Å². The van der Waals surface area contributed by atoms with Crippen LogP contribution in [0.3, 0.4) is 0 Å². The highest BCUT2D eigenvalue weighted by molar-refractivity contribution is 6.06. The number of para-hydroxylation sites is 2. The van der Waals surface area contributed by atoms with Crippen LogP contribution in [0.5, 0.6) is 11.5 Å². The Morgan fingerprint density at radius 3 is 2.42 bits per heavy atom. The first-order valence-corrected chi connectivity index (χ1v) is 11.8. The highest BCUT2D eigenvalue weighted by atomic mass is 16.5. The molecule has 1 heterocycles. The van der Waals surface area contributed by atoms with Crippen LogP contribution in [-0.4, -0.2) is 68.1 Å². The van der Waals surface area contributed by atoms with Crippen molar-refractivity contribution in [3.63, 3.8) is 0 Å². The highest BCUT2D eigenvalue weighted by Crippen LogP contribution is 2.27. The number of carbonyl (C=O) groups excluding carboxylic acids is 1. The number of nitrogens with one attached hydrogen (secondary N) is 1. The Labute approximate surface area is 196 Å². The van der Waals surface area contributed by atoms with E-state index in [1.807, 2.05) is 36.4 Å². The second-order valence-corrected chi connectivity index (χ2v) is 8.61. The Kier molecular flexibility index (Phi) is 7.83. The van der Waals surface area contributed by atoms with Crippen molar-refractivity contribution in [3.8, 4) is 11.5 Å². The van der Waals surface area contributed by atoms with E-state index in [2.05, 4.69) is 15.1 Å². The SMILES string of the molecule is COc1cccc(C(=O)NC(=Nc2ccccc2OC)N2CCN(C3CCCCC3)CC2)c1. The van der Waals surface area contributed by atoms with Gasteiger partial charge in [-0.2, -0.15) is 0 Å². The van der Waals surface area contributed by atoms with Crippen LogP contribution in [0, 0.1) is 0 Å². The van der Waals surface area contributed by atoms with Crippen molar-refractivity contribution in [2.24, 2.45) is 4.99 Å². The lowest BCUT2D eigenvalue weighted by Gasteiger charge is -2.41. The molecule has 7 nitrogen and oxygen atoms in total. The molecule has 176 valence electrons. The van der Waals surface area contributed by atoms with Crippen molar-refractivity contribution < 1.29 is 14.3 Å². The predicted octanol–water partition coefficient (Wildman–Crippen LogP) is 4.07. The van der Waals surface area contributed by atoms with E-state index in [1.54, 1.807) is 26.4 Å². The first-order valence-electron chi connectivity index (χ1n) is 11.8. The van der Waals surface area contributed by atoms with Gasteiger partial charge in [-0.15, -0.1) is 0 Å². The third-order valence-corrected chi connectivity index (χ3v) is 6.57. The molecular formula is C26H34N4O3. The molecule has 0 radical (unpaired) electrons. The monoisotopic (exact) mass is 450 g/mol. The number of hydrogen-bond donors (Lipinski definition) is 1. The van der Waals surface area contributed by atoms with Crippen LogP contribution in [-0.2, 0) is 0 Å². The van der Waals surface area contributed by atoms with E-state index in [0.717, 1.165) is 26.2 Å². The smallest absolute Gasteiger partial charge is 0.258 e. The van der Waals surface area contributed by atoms with Gasteiger partial charge in [-0.1, -0.05) is 37.5 Å². The molecule has 2 aromatic rings. The number of methoxy groups -OCH3 is 2. The summed E-state index contributed by atoms with van der Waals surface area (Å²) in [6.07, 6.45) is 6.63. The van der Waals surface area contributed by atoms with Gasteiger partial charge >= 0.3 is 0 Å². The maximum Gasteiger partial charge on any atom is 0.258 e. The minimum atomic E-state index is -0.211.